The molecule has 1 N–H and O–H groups in total. The predicted octanol–water partition coefficient (Wildman–Crippen LogP) is 0.765. The molecule has 2 atom stereocenters. The van der Waals surface area contributed by atoms with Gasteiger partial charge in [0.2, 0.25) is 5.91 Å². The van der Waals surface area contributed by atoms with Crippen LogP contribution in [0.15, 0.2) is 24.3 Å². The molecule has 17 heavy (non-hydrogen) atoms. The highest BCUT2D eigenvalue weighted by molar-refractivity contribution is 6.06. The number of Topliss-reactive ketones (excluding diaryl/α,β-unsaturated/α-hetero) is 1. The zero-order chi connectivity index (χ0) is 12.0. The van der Waals surface area contributed by atoms with E-state index in [-0.39, 0.29) is 36.7 Å². The molecule has 4 nitrogen and oxygen atoms in total. The van der Waals surface area contributed by atoms with Gasteiger partial charge in [0.25, 0.3) is 0 Å². The number of rotatable bonds is 2. The third-order valence-electron chi connectivity index (χ3n) is 3.65. The van der Waals surface area contributed by atoms with E-state index in [2.05, 4.69) is 0 Å². The highest BCUT2D eigenvalue weighted by Gasteiger charge is 2.49. The van der Waals surface area contributed by atoms with E-state index in [1.54, 1.807) is 4.90 Å². The molecule has 1 aromatic rings. The van der Waals surface area contributed by atoms with Gasteiger partial charge in [-0.25, -0.2) is 0 Å². The number of fused-ring (bicyclic) bond motifs is 3. The fourth-order valence-electron chi connectivity index (χ4n) is 2.96. The number of hydrogen-bond acceptors (Lipinski definition) is 3. The van der Waals surface area contributed by atoms with Crippen molar-refractivity contribution in [2.24, 2.45) is 5.92 Å². The molecule has 0 spiro atoms. The number of nitrogens with zero attached hydrogens (tertiary/aromatic N) is 1. The molecule has 88 valence electrons. The average molecular weight is 231 g/mol. The second kappa shape index (κ2) is 3.67. The van der Waals surface area contributed by atoms with Gasteiger partial charge in [0.15, 0.2) is 5.78 Å². The standard InChI is InChI=1S/C13H13NO3/c15-6-5-14-11(16)7-10-12(14)8-3-1-2-4-9(8)13(10)17/h1-4,10,12,15H,5-7H2/t10-,12-/m0/s1. The smallest absolute Gasteiger partial charge is 0.224 e. The van der Waals surface area contributed by atoms with Gasteiger partial charge < -0.3 is 10.0 Å². The summed E-state index contributed by atoms with van der Waals surface area (Å²) < 4.78 is 0. The zero-order valence-electron chi connectivity index (χ0n) is 9.30. The van der Waals surface area contributed by atoms with Gasteiger partial charge in [0.1, 0.15) is 0 Å². The SMILES string of the molecule is O=C1c2ccccc2[C@H]2[C@@H]1CC(=O)N2CCO. The Hall–Kier alpha value is -1.68. The van der Waals surface area contributed by atoms with Crippen molar-refractivity contribution in [2.75, 3.05) is 13.2 Å². The molecule has 1 saturated heterocycles. The molecule has 1 aliphatic carbocycles. The number of β-amino-alcohol motifs (C(OH)–C–C–N with tert-alkyl or cyclic N) is 1. The van der Waals surface area contributed by atoms with E-state index in [0.29, 0.717) is 6.54 Å². The van der Waals surface area contributed by atoms with Gasteiger partial charge in [-0.2, -0.15) is 0 Å². The normalized spacial score (nSPS) is 26.3. The van der Waals surface area contributed by atoms with Crippen LogP contribution in [0.5, 0.6) is 0 Å². The quantitative estimate of drug-likeness (QED) is 0.817. The van der Waals surface area contributed by atoms with Crippen molar-refractivity contribution in [1.29, 1.82) is 0 Å². The molecule has 0 bridgehead atoms. The third kappa shape index (κ3) is 1.34. The highest BCUT2D eigenvalue weighted by Crippen LogP contribution is 2.46. The van der Waals surface area contributed by atoms with Crippen molar-refractivity contribution in [1.82, 2.24) is 4.90 Å². The number of likely N-dealkylation sites (tertiary alicyclic amines) is 1. The Balaban J connectivity index is 2.06. The first-order chi connectivity index (χ1) is 8.24. The van der Waals surface area contributed by atoms with Crippen LogP contribution in [0.4, 0.5) is 0 Å². The summed E-state index contributed by atoms with van der Waals surface area (Å²) in [5.74, 6) is -0.206. The second-order valence-corrected chi connectivity index (χ2v) is 4.52. The van der Waals surface area contributed by atoms with E-state index < -0.39 is 0 Å². The molecular weight excluding hydrogens is 218 g/mol. The summed E-state index contributed by atoms with van der Waals surface area (Å²) in [5, 5.41) is 9.00. The summed E-state index contributed by atoms with van der Waals surface area (Å²) in [7, 11) is 0. The number of carbonyl (C=O) groups is 2. The van der Waals surface area contributed by atoms with Crippen LogP contribution in [0.25, 0.3) is 0 Å². The Morgan fingerprint density at radius 3 is 2.82 bits per heavy atom. The Kier molecular flexibility index (Phi) is 2.26. The van der Waals surface area contributed by atoms with Crippen molar-refractivity contribution < 1.29 is 14.7 Å². The molecule has 1 aromatic carbocycles. The molecule has 0 unspecified atom stereocenters. The van der Waals surface area contributed by atoms with Crippen molar-refractivity contribution in [3.8, 4) is 0 Å². The first-order valence-electron chi connectivity index (χ1n) is 5.77. The molecule has 3 rings (SSSR count). The van der Waals surface area contributed by atoms with Crippen molar-refractivity contribution in [3.05, 3.63) is 35.4 Å². The van der Waals surface area contributed by atoms with Crippen LogP contribution in [-0.4, -0.2) is 34.8 Å². The molecule has 1 aliphatic heterocycles. The Morgan fingerprint density at radius 1 is 1.29 bits per heavy atom. The molecule has 1 amide bonds. The number of hydrogen-bond donors (Lipinski definition) is 1. The van der Waals surface area contributed by atoms with Crippen LogP contribution < -0.4 is 0 Å². The molecule has 1 fully saturated rings. The first-order valence-corrected chi connectivity index (χ1v) is 5.77. The summed E-state index contributed by atoms with van der Waals surface area (Å²) in [6.07, 6.45) is 0.276. The second-order valence-electron chi connectivity index (χ2n) is 4.52. The Morgan fingerprint density at radius 2 is 2.06 bits per heavy atom. The lowest BCUT2D eigenvalue weighted by Gasteiger charge is -2.23. The zero-order valence-corrected chi connectivity index (χ0v) is 9.30. The lowest BCUT2D eigenvalue weighted by atomic mass is 10.0. The molecule has 1 heterocycles. The number of aliphatic hydroxyl groups excluding tert-OH is 1. The van der Waals surface area contributed by atoms with Gasteiger partial charge in [0, 0.05) is 18.5 Å². The number of benzene rings is 1. The van der Waals surface area contributed by atoms with Gasteiger partial charge in [-0.1, -0.05) is 24.3 Å². The lowest BCUT2D eigenvalue weighted by Crippen LogP contribution is -2.30. The van der Waals surface area contributed by atoms with E-state index >= 15 is 0 Å². The molecule has 4 heteroatoms. The summed E-state index contributed by atoms with van der Waals surface area (Å²) in [5.41, 5.74) is 1.67. The summed E-state index contributed by atoms with van der Waals surface area (Å²) >= 11 is 0. The lowest BCUT2D eigenvalue weighted by molar-refractivity contribution is -0.129. The van der Waals surface area contributed by atoms with Crippen molar-refractivity contribution in [2.45, 2.75) is 12.5 Å². The minimum Gasteiger partial charge on any atom is -0.395 e. The predicted molar refractivity (Wildman–Crippen MR) is 60.4 cm³/mol. The van der Waals surface area contributed by atoms with Crippen LogP contribution in [0, 0.1) is 5.92 Å². The van der Waals surface area contributed by atoms with Gasteiger partial charge >= 0.3 is 0 Å². The van der Waals surface area contributed by atoms with Crippen LogP contribution in [-0.2, 0) is 4.79 Å². The van der Waals surface area contributed by atoms with E-state index in [4.69, 9.17) is 5.11 Å². The maximum Gasteiger partial charge on any atom is 0.224 e. The Labute approximate surface area is 98.9 Å². The monoisotopic (exact) mass is 231 g/mol. The van der Waals surface area contributed by atoms with Crippen LogP contribution in [0.1, 0.15) is 28.4 Å². The van der Waals surface area contributed by atoms with Gasteiger partial charge in [-0.05, 0) is 5.56 Å². The molecule has 2 aliphatic rings. The van der Waals surface area contributed by atoms with Crippen LogP contribution in [0.2, 0.25) is 0 Å². The minimum atomic E-state index is -0.244. The highest BCUT2D eigenvalue weighted by atomic mass is 16.3. The van der Waals surface area contributed by atoms with E-state index in [1.165, 1.54) is 0 Å². The van der Waals surface area contributed by atoms with Crippen molar-refractivity contribution >= 4 is 11.7 Å². The van der Waals surface area contributed by atoms with Gasteiger partial charge in [-0.3, -0.25) is 9.59 Å². The minimum absolute atomic E-state index is 0.0306. The fraction of sp³-hybridized carbons (Fsp3) is 0.385. The van der Waals surface area contributed by atoms with E-state index in [0.717, 1.165) is 11.1 Å². The van der Waals surface area contributed by atoms with Crippen LogP contribution in [0.3, 0.4) is 0 Å². The topological polar surface area (TPSA) is 57.6 Å². The molecule has 0 aromatic heterocycles. The van der Waals surface area contributed by atoms with Crippen molar-refractivity contribution in [3.63, 3.8) is 0 Å². The molecule has 0 radical (unpaired) electrons. The van der Waals surface area contributed by atoms with Crippen LogP contribution >= 0.6 is 0 Å². The average Bonchev–Trinajstić information content (AvgIpc) is 2.79. The van der Waals surface area contributed by atoms with E-state index in [9.17, 15) is 9.59 Å². The number of ketones is 1. The van der Waals surface area contributed by atoms with Gasteiger partial charge in [0.05, 0.1) is 18.6 Å². The molecular formula is C13H13NO3. The molecule has 0 saturated carbocycles. The summed E-state index contributed by atoms with van der Waals surface area (Å²) in [4.78, 5) is 25.6. The first kappa shape index (κ1) is 10.5. The summed E-state index contributed by atoms with van der Waals surface area (Å²) in [6.45, 7) is 0.243. The third-order valence-corrected chi connectivity index (χ3v) is 3.65. The maximum atomic E-state index is 12.1. The fourth-order valence-corrected chi connectivity index (χ4v) is 2.96. The number of amides is 1. The number of carbonyl (C=O) groups excluding carboxylic acids is 2. The summed E-state index contributed by atoms with van der Waals surface area (Å²) in [6, 6.07) is 7.29. The largest absolute Gasteiger partial charge is 0.395 e. The Bertz CT molecular complexity index is 497. The van der Waals surface area contributed by atoms with Gasteiger partial charge in [-0.15, -0.1) is 0 Å². The number of aliphatic hydroxyl groups is 1. The maximum absolute atomic E-state index is 12.1. The van der Waals surface area contributed by atoms with E-state index in [1.807, 2.05) is 24.3 Å².